The van der Waals surface area contributed by atoms with E-state index >= 15 is 0 Å². The number of aliphatic carboxylic acids is 1. The Hall–Kier alpha value is -4.92. The standard InChI is InChI=1S/C30H30N4O5/c1-19-26(32-30(38)39-20(2)22-12-8-5-9-13-22)27(33-34(19)3)23-14-16-24(17-15-23)28(35)31-25(29(36)37)18-21-10-6-4-7-11-21/h4-17,20,25H,18H2,1-3H3,(H,31,35)(H,32,38)(H,36,37)/t20?,25-/m1/s1. The largest absolute Gasteiger partial charge is 0.480 e. The molecule has 2 amide bonds. The van der Waals surface area contributed by atoms with Gasteiger partial charge in [-0.05, 0) is 37.1 Å². The molecule has 2 atom stereocenters. The molecule has 200 valence electrons. The molecule has 1 aromatic heterocycles. The van der Waals surface area contributed by atoms with E-state index in [9.17, 15) is 19.5 Å². The minimum absolute atomic E-state index is 0.168. The van der Waals surface area contributed by atoms with Crippen molar-refractivity contribution in [1.82, 2.24) is 15.1 Å². The highest BCUT2D eigenvalue weighted by Gasteiger charge is 2.22. The molecule has 3 N–H and O–H groups in total. The minimum Gasteiger partial charge on any atom is -0.480 e. The molecule has 1 heterocycles. The van der Waals surface area contributed by atoms with Crippen molar-refractivity contribution < 1.29 is 24.2 Å². The van der Waals surface area contributed by atoms with E-state index < -0.39 is 30.1 Å². The quantitative estimate of drug-likeness (QED) is 0.278. The van der Waals surface area contributed by atoms with Crippen molar-refractivity contribution in [3.63, 3.8) is 0 Å². The monoisotopic (exact) mass is 526 g/mol. The van der Waals surface area contributed by atoms with Crippen LogP contribution >= 0.6 is 0 Å². The summed E-state index contributed by atoms with van der Waals surface area (Å²) in [7, 11) is 1.77. The highest BCUT2D eigenvalue weighted by molar-refractivity contribution is 5.97. The molecule has 9 nitrogen and oxygen atoms in total. The van der Waals surface area contributed by atoms with E-state index in [1.807, 2.05) is 67.6 Å². The molecule has 0 aliphatic carbocycles. The summed E-state index contributed by atoms with van der Waals surface area (Å²) in [6.07, 6.45) is -0.889. The zero-order chi connectivity index (χ0) is 27.9. The van der Waals surface area contributed by atoms with Crippen molar-refractivity contribution in [2.24, 2.45) is 7.05 Å². The number of carboxylic acid groups (broad SMARTS) is 1. The van der Waals surface area contributed by atoms with Gasteiger partial charge in [0.1, 0.15) is 17.8 Å². The number of benzene rings is 3. The maximum absolute atomic E-state index is 12.8. The number of hydrogen-bond donors (Lipinski definition) is 3. The minimum atomic E-state index is -1.11. The van der Waals surface area contributed by atoms with E-state index in [1.54, 1.807) is 42.9 Å². The zero-order valence-electron chi connectivity index (χ0n) is 21.9. The highest BCUT2D eigenvalue weighted by Crippen LogP contribution is 2.30. The second-order valence-electron chi connectivity index (χ2n) is 9.15. The molecule has 0 aliphatic rings. The Balaban J connectivity index is 1.47. The Kier molecular flexibility index (Phi) is 8.40. The van der Waals surface area contributed by atoms with Gasteiger partial charge >= 0.3 is 12.1 Å². The number of aryl methyl sites for hydroxylation is 1. The van der Waals surface area contributed by atoms with Gasteiger partial charge in [0.05, 0.1) is 11.4 Å². The first-order chi connectivity index (χ1) is 18.7. The molecule has 1 unspecified atom stereocenters. The number of carbonyl (C=O) groups is 3. The maximum atomic E-state index is 12.8. The second-order valence-corrected chi connectivity index (χ2v) is 9.15. The van der Waals surface area contributed by atoms with E-state index in [2.05, 4.69) is 15.7 Å². The summed E-state index contributed by atoms with van der Waals surface area (Å²) in [5.74, 6) is -1.61. The number of anilines is 1. The van der Waals surface area contributed by atoms with Crippen LogP contribution in [0.15, 0.2) is 84.9 Å². The Morgan fingerprint density at radius 2 is 1.56 bits per heavy atom. The molecule has 4 aromatic rings. The van der Waals surface area contributed by atoms with Gasteiger partial charge in [0.2, 0.25) is 0 Å². The molecule has 9 heteroatoms. The fraction of sp³-hybridized carbons (Fsp3) is 0.200. The van der Waals surface area contributed by atoms with Gasteiger partial charge in [-0.1, -0.05) is 72.8 Å². The highest BCUT2D eigenvalue weighted by atomic mass is 16.6. The fourth-order valence-corrected chi connectivity index (χ4v) is 4.11. The van der Waals surface area contributed by atoms with Gasteiger partial charge in [-0.2, -0.15) is 5.10 Å². The number of nitrogens with one attached hydrogen (secondary N) is 2. The van der Waals surface area contributed by atoms with Crippen LogP contribution in [-0.2, 0) is 23.0 Å². The van der Waals surface area contributed by atoms with Crippen molar-refractivity contribution in [2.45, 2.75) is 32.4 Å². The van der Waals surface area contributed by atoms with Crippen LogP contribution in [-0.4, -0.2) is 38.9 Å². The molecule has 0 aliphatic heterocycles. The second kappa shape index (κ2) is 12.1. The van der Waals surface area contributed by atoms with Crippen molar-refractivity contribution in [1.29, 1.82) is 0 Å². The predicted molar refractivity (Wildman–Crippen MR) is 147 cm³/mol. The van der Waals surface area contributed by atoms with Crippen LogP contribution in [0.3, 0.4) is 0 Å². The molecular weight excluding hydrogens is 496 g/mol. The summed E-state index contributed by atoms with van der Waals surface area (Å²) in [5, 5.41) is 19.5. The lowest BCUT2D eigenvalue weighted by molar-refractivity contribution is -0.139. The average molecular weight is 527 g/mol. The summed E-state index contributed by atoms with van der Waals surface area (Å²) >= 11 is 0. The zero-order valence-corrected chi connectivity index (χ0v) is 21.9. The third-order valence-electron chi connectivity index (χ3n) is 6.42. The van der Waals surface area contributed by atoms with Gasteiger partial charge in [0.15, 0.2) is 0 Å². The van der Waals surface area contributed by atoms with Gasteiger partial charge in [0, 0.05) is 24.6 Å². The first kappa shape index (κ1) is 27.1. The number of aromatic nitrogens is 2. The topological polar surface area (TPSA) is 123 Å². The van der Waals surface area contributed by atoms with Gasteiger partial charge in [-0.15, -0.1) is 0 Å². The Morgan fingerprint density at radius 3 is 2.18 bits per heavy atom. The van der Waals surface area contributed by atoms with Gasteiger partial charge < -0.3 is 15.2 Å². The summed E-state index contributed by atoms with van der Waals surface area (Å²) in [4.78, 5) is 37.3. The molecule has 4 rings (SSSR count). The molecular formula is C30H30N4O5. The normalized spacial score (nSPS) is 12.3. The number of nitrogens with zero attached hydrogens (tertiary/aromatic N) is 2. The number of hydrogen-bond acceptors (Lipinski definition) is 5. The van der Waals surface area contributed by atoms with Gasteiger partial charge in [0.25, 0.3) is 5.91 Å². The third kappa shape index (κ3) is 6.70. The maximum Gasteiger partial charge on any atom is 0.412 e. The van der Waals surface area contributed by atoms with Crippen LogP contribution in [0.4, 0.5) is 10.5 Å². The van der Waals surface area contributed by atoms with E-state index in [4.69, 9.17) is 4.74 Å². The van der Waals surface area contributed by atoms with Crippen molar-refractivity contribution in [2.75, 3.05) is 5.32 Å². The van der Waals surface area contributed by atoms with Crippen molar-refractivity contribution in [3.8, 4) is 11.3 Å². The van der Waals surface area contributed by atoms with Crippen molar-refractivity contribution in [3.05, 3.63) is 107 Å². The molecule has 0 bridgehead atoms. The van der Waals surface area contributed by atoms with Crippen LogP contribution in [0.25, 0.3) is 11.3 Å². The van der Waals surface area contributed by atoms with Crippen molar-refractivity contribution >= 4 is 23.7 Å². The van der Waals surface area contributed by atoms with E-state index in [1.165, 1.54) is 0 Å². The lowest BCUT2D eigenvalue weighted by atomic mass is 10.0. The summed E-state index contributed by atoms with van der Waals surface area (Å²) in [6.45, 7) is 3.62. The molecule has 0 saturated carbocycles. The summed E-state index contributed by atoms with van der Waals surface area (Å²) in [6, 6.07) is 24.1. The Labute approximate surface area is 226 Å². The van der Waals surface area contributed by atoms with Gasteiger partial charge in [-0.25, -0.2) is 9.59 Å². The first-order valence-electron chi connectivity index (χ1n) is 12.5. The van der Waals surface area contributed by atoms with Gasteiger partial charge in [-0.3, -0.25) is 14.8 Å². The van der Waals surface area contributed by atoms with E-state index in [-0.39, 0.29) is 6.42 Å². The lowest BCUT2D eigenvalue weighted by Crippen LogP contribution is -2.42. The van der Waals surface area contributed by atoms with Crippen LogP contribution < -0.4 is 10.6 Å². The van der Waals surface area contributed by atoms with Crippen LogP contribution in [0, 0.1) is 6.92 Å². The number of amides is 2. The SMILES string of the molecule is Cc1c(NC(=O)OC(C)c2ccccc2)c(-c2ccc(C(=O)N[C@H](Cc3ccccc3)C(=O)O)cc2)nn1C. The smallest absolute Gasteiger partial charge is 0.412 e. The molecule has 3 aromatic carbocycles. The first-order valence-corrected chi connectivity index (χ1v) is 12.5. The number of ether oxygens (including phenoxy) is 1. The molecule has 0 radical (unpaired) electrons. The predicted octanol–water partition coefficient (Wildman–Crippen LogP) is 5.13. The number of rotatable bonds is 9. The molecule has 39 heavy (non-hydrogen) atoms. The van der Waals surface area contributed by atoms with E-state index in [0.29, 0.717) is 22.5 Å². The Bertz CT molecular complexity index is 1450. The lowest BCUT2D eigenvalue weighted by Gasteiger charge is -2.15. The third-order valence-corrected chi connectivity index (χ3v) is 6.42. The number of carbonyl (C=O) groups excluding carboxylic acids is 2. The van der Waals surface area contributed by atoms with Crippen LogP contribution in [0.1, 0.15) is 40.2 Å². The summed E-state index contributed by atoms with van der Waals surface area (Å²) in [5.41, 5.74) is 4.38. The van der Waals surface area contributed by atoms with Crippen LogP contribution in [0.5, 0.6) is 0 Å². The average Bonchev–Trinajstić information content (AvgIpc) is 3.22. The molecule has 0 fully saturated rings. The van der Waals surface area contributed by atoms with E-state index in [0.717, 1.165) is 16.8 Å². The number of carboxylic acids is 1. The molecule has 0 saturated heterocycles. The fourth-order valence-electron chi connectivity index (χ4n) is 4.11. The van der Waals surface area contributed by atoms with Crippen LogP contribution in [0.2, 0.25) is 0 Å². The Morgan fingerprint density at radius 1 is 0.949 bits per heavy atom. The summed E-state index contributed by atoms with van der Waals surface area (Å²) < 4.78 is 7.20. The molecule has 0 spiro atoms.